The van der Waals surface area contributed by atoms with Crippen molar-refractivity contribution in [1.29, 1.82) is 0 Å². The molecule has 1 saturated heterocycles. The fourth-order valence-electron chi connectivity index (χ4n) is 3.10. The monoisotopic (exact) mass is 344 g/mol. The number of carbonyl (C=O) groups excluding carboxylic acids is 2. The van der Waals surface area contributed by atoms with Crippen molar-refractivity contribution >= 4 is 28.9 Å². The molecule has 1 aliphatic rings. The van der Waals surface area contributed by atoms with Crippen LogP contribution in [-0.4, -0.2) is 37.0 Å². The van der Waals surface area contributed by atoms with Gasteiger partial charge in [-0.3, -0.25) is 9.69 Å². The molecule has 0 saturated carbocycles. The molecule has 1 atom stereocenters. The van der Waals surface area contributed by atoms with E-state index in [0.717, 1.165) is 19.4 Å². The summed E-state index contributed by atoms with van der Waals surface area (Å²) in [6, 6.07) is 12.3. The summed E-state index contributed by atoms with van der Waals surface area (Å²) in [7, 11) is 1.34. The van der Waals surface area contributed by atoms with Crippen LogP contribution in [0.1, 0.15) is 34.1 Å². The van der Waals surface area contributed by atoms with Crippen LogP contribution in [0.15, 0.2) is 41.8 Å². The van der Waals surface area contributed by atoms with Gasteiger partial charge in [0.2, 0.25) is 5.91 Å². The Morgan fingerprint density at radius 3 is 2.83 bits per heavy atom. The molecule has 6 heteroatoms. The molecule has 1 unspecified atom stereocenters. The van der Waals surface area contributed by atoms with E-state index in [0.29, 0.717) is 17.1 Å². The van der Waals surface area contributed by atoms with E-state index in [9.17, 15) is 9.59 Å². The zero-order chi connectivity index (χ0) is 16.9. The van der Waals surface area contributed by atoms with Crippen molar-refractivity contribution in [3.05, 3.63) is 52.2 Å². The van der Waals surface area contributed by atoms with E-state index < -0.39 is 5.97 Å². The second kappa shape index (κ2) is 7.59. The number of nitrogens with one attached hydrogen (secondary N) is 1. The van der Waals surface area contributed by atoms with Gasteiger partial charge in [-0.15, -0.1) is 11.3 Å². The number of rotatable bonds is 5. The summed E-state index contributed by atoms with van der Waals surface area (Å²) in [4.78, 5) is 26.7. The Labute approximate surface area is 145 Å². The SMILES string of the molecule is COC(=O)c1sccc1NC(=O)CN1CCCC1c1ccccc1. The van der Waals surface area contributed by atoms with E-state index in [-0.39, 0.29) is 11.9 Å². The lowest BCUT2D eigenvalue weighted by Gasteiger charge is -2.24. The van der Waals surface area contributed by atoms with Crippen molar-refractivity contribution < 1.29 is 14.3 Å². The lowest BCUT2D eigenvalue weighted by Crippen LogP contribution is -2.33. The van der Waals surface area contributed by atoms with Gasteiger partial charge in [-0.05, 0) is 36.4 Å². The molecule has 5 nitrogen and oxygen atoms in total. The van der Waals surface area contributed by atoms with Gasteiger partial charge < -0.3 is 10.1 Å². The maximum atomic E-state index is 12.4. The Kier molecular flexibility index (Phi) is 5.27. The summed E-state index contributed by atoms with van der Waals surface area (Å²) >= 11 is 1.26. The highest BCUT2D eigenvalue weighted by Crippen LogP contribution is 2.31. The van der Waals surface area contributed by atoms with Gasteiger partial charge in [0.1, 0.15) is 4.88 Å². The van der Waals surface area contributed by atoms with Crippen LogP contribution in [0.4, 0.5) is 5.69 Å². The third-order valence-corrected chi connectivity index (χ3v) is 5.10. The van der Waals surface area contributed by atoms with Crippen molar-refractivity contribution in [2.24, 2.45) is 0 Å². The standard InChI is InChI=1S/C18H20N2O3S/c1-23-18(22)17-14(9-11-24-17)19-16(21)12-20-10-5-8-15(20)13-6-3-2-4-7-13/h2-4,6-7,9,11,15H,5,8,10,12H2,1H3,(H,19,21). The largest absolute Gasteiger partial charge is 0.465 e. The Hall–Kier alpha value is -2.18. The highest BCUT2D eigenvalue weighted by atomic mass is 32.1. The summed E-state index contributed by atoms with van der Waals surface area (Å²) in [5, 5.41) is 4.60. The number of likely N-dealkylation sites (tertiary alicyclic amines) is 1. The van der Waals surface area contributed by atoms with Gasteiger partial charge in [0.15, 0.2) is 0 Å². The summed E-state index contributed by atoms with van der Waals surface area (Å²) in [6.45, 7) is 1.22. The summed E-state index contributed by atoms with van der Waals surface area (Å²) in [6.07, 6.45) is 2.14. The molecule has 2 aromatic rings. The number of ether oxygens (including phenoxy) is 1. The normalized spacial score (nSPS) is 17.6. The van der Waals surface area contributed by atoms with Crippen molar-refractivity contribution in [3.8, 4) is 0 Å². The predicted molar refractivity (Wildman–Crippen MR) is 94.3 cm³/mol. The summed E-state index contributed by atoms with van der Waals surface area (Å²) < 4.78 is 4.73. The molecule has 0 aliphatic carbocycles. The van der Waals surface area contributed by atoms with Gasteiger partial charge >= 0.3 is 5.97 Å². The first kappa shape index (κ1) is 16.7. The molecule has 1 fully saturated rings. The molecule has 126 valence electrons. The zero-order valence-electron chi connectivity index (χ0n) is 13.5. The third-order valence-electron chi connectivity index (χ3n) is 4.20. The Morgan fingerprint density at radius 2 is 2.08 bits per heavy atom. The number of carbonyl (C=O) groups is 2. The van der Waals surface area contributed by atoms with Crippen molar-refractivity contribution in [3.63, 3.8) is 0 Å². The molecule has 0 spiro atoms. The average molecular weight is 344 g/mol. The number of amides is 1. The summed E-state index contributed by atoms with van der Waals surface area (Å²) in [5.41, 5.74) is 1.76. The minimum atomic E-state index is -0.427. The van der Waals surface area contributed by atoms with Crippen LogP contribution in [0, 0.1) is 0 Å². The van der Waals surface area contributed by atoms with E-state index >= 15 is 0 Å². The molecule has 1 aliphatic heterocycles. The Bertz CT molecular complexity index is 714. The van der Waals surface area contributed by atoms with Gasteiger partial charge in [0.05, 0.1) is 19.3 Å². The lowest BCUT2D eigenvalue weighted by atomic mass is 10.0. The second-order valence-electron chi connectivity index (χ2n) is 5.74. The second-order valence-corrected chi connectivity index (χ2v) is 6.66. The fraction of sp³-hybridized carbons (Fsp3) is 0.333. The van der Waals surface area contributed by atoms with E-state index in [1.54, 1.807) is 11.4 Å². The van der Waals surface area contributed by atoms with Crippen molar-refractivity contribution in [1.82, 2.24) is 4.90 Å². The number of hydrogen-bond acceptors (Lipinski definition) is 5. The van der Waals surface area contributed by atoms with Crippen LogP contribution in [0.25, 0.3) is 0 Å². The minimum absolute atomic E-state index is 0.110. The topological polar surface area (TPSA) is 58.6 Å². The van der Waals surface area contributed by atoms with Gasteiger partial charge in [-0.2, -0.15) is 0 Å². The Morgan fingerprint density at radius 1 is 1.29 bits per heavy atom. The molecular formula is C18H20N2O3S. The van der Waals surface area contributed by atoms with E-state index in [2.05, 4.69) is 22.3 Å². The summed E-state index contributed by atoms with van der Waals surface area (Å²) in [5.74, 6) is -0.537. The molecule has 1 N–H and O–H groups in total. The number of benzene rings is 1. The van der Waals surface area contributed by atoms with E-state index in [1.165, 1.54) is 24.0 Å². The van der Waals surface area contributed by atoms with Gasteiger partial charge in [-0.1, -0.05) is 30.3 Å². The first-order valence-corrected chi connectivity index (χ1v) is 8.81. The van der Waals surface area contributed by atoms with Crippen LogP contribution in [-0.2, 0) is 9.53 Å². The van der Waals surface area contributed by atoms with Gasteiger partial charge in [0.25, 0.3) is 0 Å². The number of anilines is 1. The number of methoxy groups -OCH3 is 1. The quantitative estimate of drug-likeness (QED) is 0.846. The zero-order valence-corrected chi connectivity index (χ0v) is 14.3. The number of nitrogens with zero attached hydrogens (tertiary/aromatic N) is 1. The molecule has 1 aromatic heterocycles. The molecular weight excluding hydrogens is 324 g/mol. The molecule has 1 amide bonds. The molecule has 24 heavy (non-hydrogen) atoms. The van der Waals surface area contributed by atoms with Crippen molar-refractivity contribution in [2.75, 3.05) is 25.5 Å². The first-order chi connectivity index (χ1) is 11.7. The maximum Gasteiger partial charge on any atom is 0.350 e. The molecule has 2 heterocycles. The molecule has 3 rings (SSSR count). The maximum absolute atomic E-state index is 12.4. The predicted octanol–water partition coefficient (Wildman–Crippen LogP) is 3.31. The average Bonchev–Trinajstić information content (AvgIpc) is 3.24. The molecule has 1 aromatic carbocycles. The molecule has 0 radical (unpaired) electrons. The highest BCUT2D eigenvalue weighted by Gasteiger charge is 2.27. The van der Waals surface area contributed by atoms with Crippen LogP contribution >= 0.6 is 11.3 Å². The minimum Gasteiger partial charge on any atom is -0.465 e. The van der Waals surface area contributed by atoms with Crippen molar-refractivity contribution in [2.45, 2.75) is 18.9 Å². The van der Waals surface area contributed by atoms with Gasteiger partial charge in [-0.25, -0.2) is 4.79 Å². The Balaban J connectivity index is 1.65. The lowest BCUT2D eigenvalue weighted by molar-refractivity contribution is -0.117. The fourth-order valence-corrected chi connectivity index (χ4v) is 3.87. The molecule has 0 bridgehead atoms. The van der Waals surface area contributed by atoms with Crippen LogP contribution in [0.3, 0.4) is 0 Å². The smallest absolute Gasteiger partial charge is 0.350 e. The van der Waals surface area contributed by atoms with Crippen LogP contribution < -0.4 is 5.32 Å². The van der Waals surface area contributed by atoms with E-state index in [4.69, 9.17) is 4.74 Å². The number of esters is 1. The highest BCUT2D eigenvalue weighted by molar-refractivity contribution is 7.12. The van der Waals surface area contributed by atoms with Crippen LogP contribution in [0.5, 0.6) is 0 Å². The number of thiophene rings is 1. The van der Waals surface area contributed by atoms with E-state index in [1.807, 2.05) is 18.2 Å². The first-order valence-electron chi connectivity index (χ1n) is 7.93. The third kappa shape index (κ3) is 3.66. The van der Waals surface area contributed by atoms with Crippen LogP contribution in [0.2, 0.25) is 0 Å². The number of hydrogen-bond donors (Lipinski definition) is 1. The van der Waals surface area contributed by atoms with Gasteiger partial charge in [0, 0.05) is 6.04 Å².